The van der Waals surface area contributed by atoms with Crippen LogP contribution in [0.1, 0.15) is 29.7 Å². The van der Waals surface area contributed by atoms with Crippen LogP contribution in [0.5, 0.6) is 5.88 Å². The summed E-state index contributed by atoms with van der Waals surface area (Å²) in [4.78, 5) is 4.06. The fourth-order valence-corrected chi connectivity index (χ4v) is 1.94. The van der Waals surface area contributed by atoms with E-state index in [0.717, 1.165) is 11.1 Å². The van der Waals surface area contributed by atoms with Crippen LogP contribution in [-0.2, 0) is 6.54 Å². The summed E-state index contributed by atoms with van der Waals surface area (Å²) in [5.74, 6) is 0.431. The summed E-state index contributed by atoms with van der Waals surface area (Å²) >= 11 is 0. The first-order valence-electron chi connectivity index (χ1n) is 6.58. The Morgan fingerprint density at radius 2 is 2.10 bits per heavy atom. The van der Waals surface area contributed by atoms with Gasteiger partial charge in [-0.15, -0.1) is 0 Å². The topological polar surface area (TPSA) is 34.1 Å². The lowest BCUT2D eigenvalue weighted by atomic mass is 10.1. The minimum absolute atomic E-state index is 0.0734. The first kappa shape index (κ1) is 14.5. The molecular weight excluding hydrogens is 255 g/mol. The summed E-state index contributed by atoms with van der Waals surface area (Å²) in [5.41, 5.74) is 2.69. The third-order valence-corrected chi connectivity index (χ3v) is 3.32. The van der Waals surface area contributed by atoms with Gasteiger partial charge in [-0.2, -0.15) is 0 Å². The van der Waals surface area contributed by atoms with Gasteiger partial charge in [0.1, 0.15) is 5.82 Å². The highest BCUT2D eigenvalue weighted by atomic mass is 19.1. The van der Waals surface area contributed by atoms with Gasteiger partial charge in [0, 0.05) is 24.8 Å². The van der Waals surface area contributed by atoms with E-state index in [1.54, 1.807) is 32.4 Å². The van der Waals surface area contributed by atoms with E-state index in [-0.39, 0.29) is 11.9 Å². The number of benzene rings is 1. The van der Waals surface area contributed by atoms with Crippen LogP contribution in [0.25, 0.3) is 0 Å². The lowest BCUT2D eigenvalue weighted by molar-refractivity contribution is 0.397. The summed E-state index contributed by atoms with van der Waals surface area (Å²) in [6.07, 6.45) is 1.71. The van der Waals surface area contributed by atoms with E-state index in [4.69, 9.17) is 4.74 Å². The lowest BCUT2D eigenvalue weighted by Crippen LogP contribution is -2.18. The summed E-state index contributed by atoms with van der Waals surface area (Å²) in [7, 11) is 1.59. The van der Waals surface area contributed by atoms with Crippen molar-refractivity contribution in [2.45, 2.75) is 26.4 Å². The molecule has 1 atom stereocenters. The zero-order chi connectivity index (χ0) is 14.5. The number of aryl methyl sites for hydroxylation is 1. The van der Waals surface area contributed by atoms with E-state index in [1.807, 2.05) is 25.1 Å². The average Bonchev–Trinajstić information content (AvgIpc) is 2.47. The summed E-state index contributed by atoms with van der Waals surface area (Å²) in [6.45, 7) is 4.46. The number of nitrogens with zero attached hydrogens (tertiary/aromatic N) is 1. The molecule has 20 heavy (non-hydrogen) atoms. The zero-order valence-electron chi connectivity index (χ0n) is 12.0. The minimum atomic E-state index is -0.165. The second-order valence-electron chi connectivity index (χ2n) is 4.82. The summed E-state index contributed by atoms with van der Waals surface area (Å²) < 4.78 is 18.6. The Kier molecular flexibility index (Phi) is 4.69. The molecule has 0 aliphatic heterocycles. The van der Waals surface area contributed by atoms with Gasteiger partial charge < -0.3 is 10.1 Å². The Morgan fingerprint density at radius 3 is 2.80 bits per heavy atom. The van der Waals surface area contributed by atoms with Crippen molar-refractivity contribution in [1.29, 1.82) is 0 Å². The van der Waals surface area contributed by atoms with Gasteiger partial charge in [-0.1, -0.05) is 12.1 Å². The molecule has 0 saturated heterocycles. The van der Waals surface area contributed by atoms with Crippen LogP contribution < -0.4 is 10.1 Å². The monoisotopic (exact) mass is 274 g/mol. The van der Waals surface area contributed by atoms with Crippen LogP contribution in [0.15, 0.2) is 36.5 Å². The molecule has 2 aromatic rings. The van der Waals surface area contributed by atoms with Gasteiger partial charge >= 0.3 is 0 Å². The van der Waals surface area contributed by atoms with E-state index >= 15 is 0 Å². The van der Waals surface area contributed by atoms with E-state index in [1.165, 1.54) is 0 Å². The van der Waals surface area contributed by atoms with Gasteiger partial charge in [0.15, 0.2) is 0 Å². The van der Waals surface area contributed by atoms with Gasteiger partial charge in [-0.05, 0) is 42.7 Å². The van der Waals surface area contributed by atoms with Crippen LogP contribution in [0.2, 0.25) is 0 Å². The average molecular weight is 274 g/mol. The molecule has 1 unspecified atom stereocenters. The van der Waals surface area contributed by atoms with Crippen LogP contribution in [0.3, 0.4) is 0 Å². The van der Waals surface area contributed by atoms with Gasteiger partial charge in [0.05, 0.1) is 7.11 Å². The molecule has 1 aromatic carbocycles. The minimum Gasteiger partial charge on any atom is -0.481 e. The Bertz CT molecular complexity index is 586. The molecule has 0 spiro atoms. The normalized spacial score (nSPS) is 12.2. The standard InChI is InChI=1S/C16H19FN2O/c1-11-4-5-14(9-15(11)17)12(2)19-10-13-6-7-18-16(8-13)20-3/h4-9,12,19H,10H2,1-3H3. The van der Waals surface area contributed by atoms with Crippen molar-refractivity contribution in [2.75, 3.05) is 7.11 Å². The Hall–Kier alpha value is -1.94. The van der Waals surface area contributed by atoms with Gasteiger partial charge in [-0.3, -0.25) is 0 Å². The molecule has 0 aliphatic rings. The number of aromatic nitrogens is 1. The van der Waals surface area contributed by atoms with Crippen molar-refractivity contribution in [3.63, 3.8) is 0 Å². The van der Waals surface area contributed by atoms with Crippen molar-refractivity contribution in [3.05, 3.63) is 59.0 Å². The highest BCUT2D eigenvalue weighted by molar-refractivity contribution is 5.26. The smallest absolute Gasteiger partial charge is 0.213 e. The summed E-state index contributed by atoms with van der Waals surface area (Å²) in [6, 6.07) is 9.22. The third kappa shape index (κ3) is 3.54. The maximum absolute atomic E-state index is 13.5. The van der Waals surface area contributed by atoms with Crippen molar-refractivity contribution >= 4 is 0 Å². The number of nitrogens with one attached hydrogen (secondary N) is 1. The molecule has 0 fully saturated rings. The lowest BCUT2D eigenvalue weighted by Gasteiger charge is -2.15. The number of halogens is 1. The number of hydrogen-bond donors (Lipinski definition) is 1. The Balaban J connectivity index is 2.00. The van der Waals surface area contributed by atoms with Gasteiger partial charge in [0.25, 0.3) is 0 Å². The van der Waals surface area contributed by atoms with Crippen LogP contribution >= 0.6 is 0 Å². The number of rotatable bonds is 5. The van der Waals surface area contributed by atoms with Gasteiger partial charge in [0.2, 0.25) is 5.88 Å². The molecule has 0 bridgehead atoms. The molecule has 2 rings (SSSR count). The van der Waals surface area contributed by atoms with Crippen LogP contribution in [0.4, 0.5) is 4.39 Å². The predicted octanol–water partition coefficient (Wildman–Crippen LogP) is 3.39. The molecule has 1 aromatic heterocycles. The quantitative estimate of drug-likeness (QED) is 0.907. The van der Waals surface area contributed by atoms with Crippen LogP contribution in [-0.4, -0.2) is 12.1 Å². The highest BCUT2D eigenvalue weighted by Gasteiger charge is 2.07. The van der Waals surface area contributed by atoms with Crippen molar-refractivity contribution in [3.8, 4) is 5.88 Å². The number of pyridine rings is 1. The Labute approximate surface area is 118 Å². The maximum Gasteiger partial charge on any atom is 0.213 e. The third-order valence-electron chi connectivity index (χ3n) is 3.32. The predicted molar refractivity (Wildman–Crippen MR) is 77.2 cm³/mol. The molecule has 0 saturated carbocycles. The molecular formula is C16H19FN2O. The largest absolute Gasteiger partial charge is 0.481 e. The molecule has 0 radical (unpaired) electrons. The van der Waals surface area contributed by atoms with E-state index < -0.39 is 0 Å². The van der Waals surface area contributed by atoms with Crippen molar-refractivity contribution in [1.82, 2.24) is 10.3 Å². The fraction of sp³-hybridized carbons (Fsp3) is 0.312. The molecule has 0 aliphatic carbocycles. The van der Waals surface area contributed by atoms with E-state index in [2.05, 4.69) is 10.3 Å². The highest BCUT2D eigenvalue weighted by Crippen LogP contribution is 2.17. The molecule has 0 amide bonds. The van der Waals surface area contributed by atoms with Gasteiger partial charge in [-0.25, -0.2) is 9.37 Å². The second kappa shape index (κ2) is 6.48. The molecule has 3 nitrogen and oxygen atoms in total. The first-order valence-corrected chi connectivity index (χ1v) is 6.58. The van der Waals surface area contributed by atoms with Crippen LogP contribution in [0, 0.1) is 12.7 Å². The molecule has 4 heteroatoms. The number of ether oxygens (including phenoxy) is 1. The molecule has 106 valence electrons. The maximum atomic E-state index is 13.5. The molecule has 1 heterocycles. The number of hydrogen-bond acceptors (Lipinski definition) is 3. The molecule has 1 N–H and O–H groups in total. The summed E-state index contributed by atoms with van der Waals surface area (Å²) in [5, 5.41) is 3.36. The number of methoxy groups -OCH3 is 1. The van der Waals surface area contributed by atoms with Crippen molar-refractivity contribution < 1.29 is 9.13 Å². The Morgan fingerprint density at radius 1 is 1.30 bits per heavy atom. The van der Waals surface area contributed by atoms with Crippen molar-refractivity contribution in [2.24, 2.45) is 0 Å². The van der Waals surface area contributed by atoms with E-state index in [9.17, 15) is 4.39 Å². The SMILES string of the molecule is COc1cc(CNC(C)c2ccc(C)c(F)c2)ccn1. The second-order valence-corrected chi connectivity index (χ2v) is 4.82. The zero-order valence-corrected chi connectivity index (χ0v) is 12.0. The fourth-order valence-electron chi connectivity index (χ4n) is 1.94. The first-order chi connectivity index (χ1) is 9.60. The van der Waals surface area contributed by atoms with E-state index in [0.29, 0.717) is 18.0 Å².